The highest BCUT2D eigenvalue weighted by molar-refractivity contribution is 7.89. The third-order valence-corrected chi connectivity index (χ3v) is 5.52. The molecule has 2 heterocycles. The molecule has 1 saturated heterocycles. The van der Waals surface area contributed by atoms with Gasteiger partial charge >= 0.3 is 5.97 Å². The van der Waals surface area contributed by atoms with Gasteiger partial charge in [-0.05, 0) is 20.8 Å². The maximum absolute atomic E-state index is 12.7. The Balaban J connectivity index is 2.40. The smallest absolute Gasteiger partial charge is 0.325 e. The van der Waals surface area contributed by atoms with Gasteiger partial charge in [0.1, 0.15) is 11.4 Å². The quantitative estimate of drug-likeness (QED) is 0.838. The summed E-state index contributed by atoms with van der Waals surface area (Å²) in [6.07, 6.45) is -0.164. The Morgan fingerprint density at radius 2 is 2.14 bits per heavy atom. The molecule has 0 amide bonds. The third kappa shape index (κ3) is 3.09. The fourth-order valence-corrected chi connectivity index (χ4v) is 4.34. The van der Waals surface area contributed by atoms with E-state index in [9.17, 15) is 13.2 Å². The van der Waals surface area contributed by atoms with Crippen LogP contribution in [-0.2, 0) is 26.1 Å². The van der Waals surface area contributed by atoms with Gasteiger partial charge in [0.25, 0.3) is 0 Å². The van der Waals surface area contributed by atoms with Crippen molar-refractivity contribution < 1.29 is 23.1 Å². The number of nitrogens with zero attached hydrogens (tertiary/aromatic N) is 3. The largest absolute Gasteiger partial charge is 0.480 e. The fourth-order valence-electron chi connectivity index (χ4n) is 2.47. The van der Waals surface area contributed by atoms with Crippen molar-refractivity contribution in [3.05, 3.63) is 11.4 Å². The van der Waals surface area contributed by atoms with Gasteiger partial charge in [-0.1, -0.05) is 0 Å². The number of aromatic nitrogens is 2. The number of carboxylic acids is 1. The molecule has 8 nitrogen and oxygen atoms in total. The summed E-state index contributed by atoms with van der Waals surface area (Å²) in [6, 6.07) is 0. The summed E-state index contributed by atoms with van der Waals surface area (Å²) in [7, 11) is -3.69. The first-order valence-electron chi connectivity index (χ1n) is 6.61. The van der Waals surface area contributed by atoms with Crippen LogP contribution in [0, 0.1) is 13.8 Å². The normalized spacial score (nSPS) is 20.6. The van der Waals surface area contributed by atoms with Gasteiger partial charge in [-0.2, -0.15) is 9.40 Å². The van der Waals surface area contributed by atoms with Crippen LogP contribution in [-0.4, -0.2) is 59.4 Å². The lowest BCUT2D eigenvalue weighted by Gasteiger charge is -2.30. The van der Waals surface area contributed by atoms with Crippen molar-refractivity contribution >= 4 is 16.0 Å². The fraction of sp³-hybridized carbons (Fsp3) is 0.667. The van der Waals surface area contributed by atoms with E-state index in [0.29, 0.717) is 18.0 Å². The maximum Gasteiger partial charge on any atom is 0.325 e. The zero-order chi connectivity index (χ0) is 15.8. The average Bonchev–Trinajstić information content (AvgIpc) is 2.64. The Labute approximate surface area is 123 Å². The first-order valence-corrected chi connectivity index (χ1v) is 8.05. The summed E-state index contributed by atoms with van der Waals surface area (Å²) < 4.78 is 33.4. The van der Waals surface area contributed by atoms with Gasteiger partial charge in [0, 0.05) is 13.1 Å². The molecular formula is C12H19N3O5S. The number of carboxylic acid groups (broad SMARTS) is 1. The van der Waals surface area contributed by atoms with E-state index in [4.69, 9.17) is 9.84 Å². The zero-order valence-electron chi connectivity index (χ0n) is 12.2. The van der Waals surface area contributed by atoms with Crippen molar-refractivity contribution in [1.29, 1.82) is 0 Å². The highest BCUT2D eigenvalue weighted by Gasteiger charge is 2.33. The van der Waals surface area contributed by atoms with Crippen molar-refractivity contribution in [1.82, 2.24) is 14.1 Å². The topological polar surface area (TPSA) is 102 Å². The van der Waals surface area contributed by atoms with Crippen LogP contribution in [0.25, 0.3) is 0 Å². The van der Waals surface area contributed by atoms with Gasteiger partial charge in [0.2, 0.25) is 10.0 Å². The standard InChI is InChI=1S/C12H19N3O5S/c1-8-6-14(4-5-20-8)21(18,19)12-9(2)13-15(10(12)3)7-11(16)17/h8H,4-7H2,1-3H3,(H,16,17). The van der Waals surface area contributed by atoms with E-state index in [0.717, 1.165) is 0 Å². The van der Waals surface area contributed by atoms with Crippen LogP contribution >= 0.6 is 0 Å². The minimum Gasteiger partial charge on any atom is -0.480 e. The molecule has 1 aromatic rings. The Bertz CT molecular complexity index is 652. The van der Waals surface area contributed by atoms with Gasteiger partial charge in [-0.25, -0.2) is 8.42 Å². The van der Waals surface area contributed by atoms with Crippen LogP contribution in [0.1, 0.15) is 18.3 Å². The Morgan fingerprint density at radius 1 is 1.48 bits per heavy atom. The second-order valence-electron chi connectivity index (χ2n) is 5.10. The predicted octanol–water partition coefficient (Wildman–Crippen LogP) is -0.00606. The molecule has 118 valence electrons. The Hall–Kier alpha value is -1.45. The first-order chi connectivity index (χ1) is 9.73. The van der Waals surface area contributed by atoms with E-state index >= 15 is 0 Å². The molecule has 1 N–H and O–H groups in total. The lowest BCUT2D eigenvalue weighted by Crippen LogP contribution is -2.44. The van der Waals surface area contributed by atoms with Gasteiger partial charge in [-0.15, -0.1) is 0 Å². The number of aliphatic carboxylic acids is 1. The molecule has 0 saturated carbocycles. The third-order valence-electron chi connectivity index (χ3n) is 3.40. The number of morpholine rings is 1. The molecular weight excluding hydrogens is 298 g/mol. The molecule has 0 radical (unpaired) electrons. The maximum atomic E-state index is 12.7. The highest BCUT2D eigenvalue weighted by Crippen LogP contribution is 2.25. The molecule has 21 heavy (non-hydrogen) atoms. The lowest BCUT2D eigenvalue weighted by atomic mass is 10.3. The lowest BCUT2D eigenvalue weighted by molar-refractivity contribution is -0.137. The van der Waals surface area contributed by atoms with Crippen molar-refractivity contribution in [2.24, 2.45) is 0 Å². The van der Waals surface area contributed by atoms with Crippen LogP contribution in [0.15, 0.2) is 4.90 Å². The molecule has 0 bridgehead atoms. The molecule has 1 atom stereocenters. The van der Waals surface area contributed by atoms with Crippen molar-refractivity contribution in [2.75, 3.05) is 19.7 Å². The number of sulfonamides is 1. The summed E-state index contributed by atoms with van der Waals surface area (Å²) in [6.45, 7) is 5.52. The number of hydrogen-bond donors (Lipinski definition) is 1. The van der Waals surface area contributed by atoms with Crippen LogP contribution in [0.4, 0.5) is 0 Å². The van der Waals surface area contributed by atoms with Gasteiger partial charge in [-0.3, -0.25) is 9.48 Å². The summed E-state index contributed by atoms with van der Waals surface area (Å²) >= 11 is 0. The van der Waals surface area contributed by atoms with Crippen LogP contribution in [0.2, 0.25) is 0 Å². The molecule has 2 rings (SSSR count). The number of carbonyl (C=O) groups is 1. The van der Waals surface area contributed by atoms with Crippen molar-refractivity contribution in [3.63, 3.8) is 0 Å². The summed E-state index contributed by atoms with van der Waals surface area (Å²) in [5, 5.41) is 12.9. The van der Waals surface area contributed by atoms with E-state index in [2.05, 4.69) is 5.10 Å². The van der Waals surface area contributed by atoms with Gasteiger partial charge in [0.15, 0.2) is 0 Å². The minimum absolute atomic E-state index is 0.0952. The summed E-state index contributed by atoms with van der Waals surface area (Å²) in [4.78, 5) is 10.9. The second kappa shape index (κ2) is 5.74. The molecule has 0 aliphatic carbocycles. The summed E-state index contributed by atoms with van der Waals surface area (Å²) in [5.41, 5.74) is 0.655. The average molecular weight is 317 g/mol. The van der Waals surface area contributed by atoms with Crippen LogP contribution < -0.4 is 0 Å². The highest BCUT2D eigenvalue weighted by atomic mass is 32.2. The van der Waals surface area contributed by atoms with Gasteiger partial charge in [0.05, 0.1) is 24.1 Å². The van der Waals surface area contributed by atoms with E-state index < -0.39 is 16.0 Å². The van der Waals surface area contributed by atoms with E-state index in [-0.39, 0.29) is 30.6 Å². The Kier molecular flexibility index (Phi) is 4.35. The molecule has 0 aromatic carbocycles. The number of hydrogen-bond acceptors (Lipinski definition) is 5. The molecule has 1 unspecified atom stereocenters. The number of rotatable bonds is 4. The second-order valence-corrected chi connectivity index (χ2v) is 6.97. The molecule has 1 aliphatic rings. The zero-order valence-corrected chi connectivity index (χ0v) is 13.1. The molecule has 1 fully saturated rings. The van der Waals surface area contributed by atoms with E-state index in [1.807, 2.05) is 6.92 Å². The molecule has 9 heteroatoms. The number of ether oxygens (including phenoxy) is 1. The minimum atomic E-state index is -3.69. The van der Waals surface area contributed by atoms with Crippen molar-refractivity contribution in [3.8, 4) is 0 Å². The van der Waals surface area contributed by atoms with Crippen LogP contribution in [0.5, 0.6) is 0 Å². The molecule has 0 spiro atoms. The monoisotopic (exact) mass is 317 g/mol. The van der Waals surface area contributed by atoms with Crippen molar-refractivity contribution in [2.45, 2.75) is 38.3 Å². The van der Waals surface area contributed by atoms with E-state index in [1.165, 1.54) is 8.99 Å². The summed E-state index contributed by atoms with van der Waals surface area (Å²) in [5.74, 6) is -1.07. The first kappa shape index (κ1) is 15.9. The van der Waals surface area contributed by atoms with E-state index in [1.54, 1.807) is 13.8 Å². The Morgan fingerprint density at radius 3 is 2.71 bits per heavy atom. The molecule has 1 aromatic heterocycles. The molecule has 1 aliphatic heterocycles. The van der Waals surface area contributed by atoms with Gasteiger partial charge < -0.3 is 9.84 Å². The van der Waals surface area contributed by atoms with Crippen LogP contribution in [0.3, 0.4) is 0 Å². The number of aryl methyl sites for hydroxylation is 1. The predicted molar refractivity (Wildman–Crippen MR) is 73.5 cm³/mol. The SMILES string of the molecule is Cc1nn(CC(=O)O)c(C)c1S(=O)(=O)N1CCOC(C)C1.